The number of benzene rings is 3. The predicted octanol–water partition coefficient (Wildman–Crippen LogP) is 4.29. The maximum atomic E-state index is 14.1. The van der Waals surface area contributed by atoms with Gasteiger partial charge in [0.2, 0.25) is 21.8 Å². The van der Waals surface area contributed by atoms with E-state index in [1.54, 1.807) is 25.3 Å². The van der Waals surface area contributed by atoms with Crippen LogP contribution < -0.4 is 19.1 Å². The third-order valence-electron chi connectivity index (χ3n) is 6.29. The lowest BCUT2D eigenvalue weighted by Gasteiger charge is -2.34. The normalized spacial score (nSPS) is 12.0. The lowest BCUT2D eigenvalue weighted by atomic mass is 10.0. The molecule has 0 aromatic heterocycles. The van der Waals surface area contributed by atoms with Crippen molar-refractivity contribution in [2.75, 3.05) is 31.3 Å². The number of methoxy groups -OCH3 is 2. The summed E-state index contributed by atoms with van der Waals surface area (Å²) in [6.07, 6.45) is 1.24. The monoisotopic (exact) mass is 601 g/mol. The molecule has 9 nitrogen and oxygen atoms in total. The molecule has 0 aliphatic carbocycles. The highest BCUT2D eigenvalue weighted by atomic mass is 35.5. The number of anilines is 1. The van der Waals surface area contributed by atoms with Gasteiger partial charge in [-0.15, -0.1) is 0 Å². The van der Waals surface area contributed by atoms with Gasteiger partial charge in [0.1, 0.15) is 24.1 Å². The maximum Gasteiger partial charge on any atom is 0.244 e. The van der Waals surface area contributed by atoms with E-state index in [0.717, 1.165) is 16.1 Å². The van der Waals surface area contributed by atoms with Crippen LogP contribution in [0.15, 0.2) is 72.8 Å². The largest absolute Gasteiger partial charge is 0.497 e. The highest BCUT2D eigenvalue weighted by molar-refractivity contribution is 7.92. The second-order valence-corrected chi connectivity index (χ2v) is 12.1. The Balaban J connectivity index is 2.08. The van der Waals surface area contributed by atoms with Crippen LogP contribution in [0.25, 0.3) is 0 Å². The Hall–Kier alpha value is -3.76. The summed E-state index contributed by atoms with van der Waals surface area (Å²) < 4.78 is 37.4. The Morgan fingerprint density at radius 1 is 0.927 bits per heavy atom. The van der Waals surface area contributed by atoms with E-state index in [-0.39, 0.29) is 35.6 Å². The summed E-state index contributed by atoms with van der Waals surface area (Å²) in [6.45, 7) is 3.17. The Bertz CT molecular complexity index is 1450. The molecule has 3 aromatic rings. The number of amides is 2. The van der Waals surface area contributed by atoms with Crippen molar-refractivity contribution in [3.8, 4) is 11.5 Å². The van der Waals surface area contributed by atoms with Gasteiger partial charge in [0.05, 0.1) is 31.2 Å². The summed E-state index contributed by atoms with van der Waals surface area (Å²) in [6, 6.07) is 19.9. The number of ether oxygens (including phenoxy) is 2. The quantitative estimate of drug-likeness (QED) is 0.313. The fraction of sp³-hybridized carbons (Fsp3) is 0.333. The Labute approximate surface area is 247 Å². The van der Waals surface area contributed by atoms with Crippen LogP contribution in [-0.4, -0.2) is 64.2 Å². The van der Waals surface area contributed by atoms with E-state index >= 15 is 0 Å². The summed E-state index contributed by atoms with van der Waals surface area (Å²) in [5, 5.41) is 3.11. The van der Waals surface area contributed by atoms with Gasteiger partial charge in [-0.3, -0.25) is 13.9 Å². The van der Waals surface area contributed by atoms with Crippen molar-refractivity contribution in [2.24, 2.45) is 0 Å². The van der Waals surface area contributed by atoms with Crippen LogP contribution in [0.4, 0.5) is 5.69 Å². The van der Waals surface area contributed by atoms with E-state index in [9.17, 15) is 18.0 Å². The van der Waals surface area contributed by atoms with E-state index < -0.39 is 28.5 Å². The number of hydrogen-bond donors (Lipinski definition) is 1. The number of hydrogen-bond acceptors (Lipinski definition) is 6. The van der Waals surface area contributed by atoms with E-state index in [1.807, 2.05) is 50.2 Å². The lowest BCUT2D eigenvalue weighted by Crippen LogP contribution is -2.54. The minimum atomic E-state index is -3.92. The standard InChI is InChI=1S/C30H36ClN3O6S/c1-21(2)32-30(36)27(17-22-10-7-6-8-11-22)33(19-23-12-9-13-25(16-23)39-3)29(35)20-34(41(5,37)38)24-14-15-28(40-4)26(31)18-24/h6-16,18,21,27H,17,19-20H2,1-5H3,(H,32,36)/t27-/m1/s1. The van der Waals surface area contributed by atoms with Crippen molar-refractivity contribution in [1.29, 1.82) is 0 Å². The van der Waals surface area contributed by atoms with Gasteiger partial charge in [-0.1, -0.05) is 54.1 Å². The summed E-state index contributed by atoms with van der Waals surface area (Å²) >= 11 is 6.28. The zero-order valence-corrected chi connectivity index (χ0v) is 25.4. The van der Waals surface area contributed by atoms with Crippen molar-refractivity contribution in [3.63, 3.8) is 0 Å². The lowest BCUT2D eigenvalue weighted by molar-refractivity contribution is -0.140. The average Bonchev–Trinajstić information content (AvgIpc) is 2.93. The van der Waals surface area contributed by atoms with E-state index in [2.05, 4.69) is 5.32 Å². The SMILES string of the molecule is COc1cccc(CN(C(=O)CN(c2ccc(OC)c(Cl)c2)S(C)(=O)=O)[C@H](Cc2ccccc2)C(=O)NC(C)C)c1. The molecule has 0 aliphatic rings. The van der Waals surface area contributed by atoms with E-state index in [4.69, 9.17) is 21.1 Å². The molecule has 1 atom stereocenters. The van der Waals surface area contributed by atoms with Gasteiger partial charge < -0.3 is 19.7 Å². The van der Waals surface area contributed by atoms with Crippen molar-refractivity contribution < 1.29 is 27.5 Å². The minimum absolute atomic E-state index is 0.0417. The van der Waals surface area contributed by atoms with Gasteiger partial charge in [0.25, 0.3) is 0 Å². The molecular formula is C30H36ClN3O6S. The van der Waals surface area contributed by atoms with Crippen LogP contribution >= 0.6 is 11.6 Å². The molecular weight excluding hydrogens is 566 g/mol. The molecule has 2 amide bonds. The van der Waals surface area contributed by atoms with Gasteiger partial charge in [0, 0.05) is 19.0 Å². The summed E-state index contributed by atoms with van der Waals surface area (Å²) in [7, 11) is -0.934. The summed E-state index contributed by atoms with van der Waals surface area (Å²) in [4.78, 5) is 29.1. The number of rotatable bonds is 13. The number of nitrogens with zero attached hydrogens (tertiary/aromatic N) is 2. The first kappa shape index (κ1) is 31.8. The molecule has 11 heteroatoms. The molecule has 0 heterocycles. The molecule has 41 heavy (non-hydrogen) atoms. The van der Waals surface area contributed by atoms with Gasteiger partial charge in [0.15, 0.2) is 0 Å². The molecule has 0 unspecified atom stereocenters. The van der Waals surface area contributed by atoms with Crippen molar-refractivity contribution in [2.45, 2.75) is 38.9 Å². The minimum Gasteiger partial charge on any atom is -0.497 e. The average molecular weight is 602 g/mol. The smallest absolute Gasteiger partial charge is 0.244 e. The maximum absolute atomic E-state index is 14.1. The van der Waals surface area contributed by atoms with Crippen LogP contribution in [0.2, 0.25) is 5.02 Å². The molecule has 3 rings (SSSR count). The van der Waals surface area contributed by atoms with Gasteiger partial charge in [-0.05, 0) is 55.3 Å². The van der Waals surface area contributed by atoms with Crippen LogP contribution in [0.5, 0.6) is 11.5 Å². The second kappa shape index (κ2) is 14.2. The molecule has 0 bridgehead atoms. The zero-order chi connectivity index (χ0) is 30.2. The molecule has 0 saturated heterocycles. The molecule has 0 fully saturated rings. The van der Waals surface area contributed by atoms with Gasteiger partial charge in [-0.2, -0.15) is 0 Å². The number of carbonyl (C=O) groups is 2. The Morgan fingerprint density at radius 3 is 2.20 bits per heavy atom. The van der Waals surface area contributed by atoms with Crippen LogP contribution in [0, 0.1) is 0 Å². The first-order chi connectivity index (χ1) is 19.4. The highest BCUT2D eigenvalue weighted by Crippen LogP contribution is 2.30. The molecule has 0 saturated carbocycles. The Morgan fingerprint density at radius 2 is 1.61 bits per heavy atom. The van der Waals surface area contributed by atoms with Crippen molar-refractivity contribution in [1.82, 2.24) is 10.2 Å². The highest BCUT2D eigenvalue weighted by Gasteiger charge is 2.33. The number of carbonyl (C=O) groups excluding carboxylic acids is 2. The molecule has 0 spiro atoms. The Kier molecular flexibility index (Phi) is 11.0. The fourth-order valence-electron chi connectivity index (χ4n) is 4.33. The van der Waals surface area contributed by atoms with Crippen molar-refractivity contribution >= 4 is 39.1 Å². The second-order valence-electron chi connectivity index (χ2n) is 9.83. The van der Waals surface area contributed by atoms with E-state index in [0.29, 0.717) is 17.1 Å². The zero-order valence-electron chi connectivity index (χ0n) is 23.8. The van der Waals surface area contributed by atoms with Gasteiger partial charge >= 0.3 is 0 Å². The molecule has 1 N–H and O–H groups in total. The van der Waals surface area contributed by atoms with E-state index in [1.165, 1.54) is 30.2 Å². The third-order valence-corrected chi connectivity index (χ3v) is 7.73. The first-order valence-electron chi connectivity index (χ1n) is 13.0. The topological polar surface area (TPSA) is 105 Å². The number of halogens is 1. The van der Waals surface area contributed by atoms with Crippen LogP contribution in [0.3, 0.4) is 0 Å². The summed E-state index contributed by atoms with van der Waals surface area (Å²) in [5.74, 6) is 0.0402. The fourth-order valence-corrected chi connectivity index (χ4v) is 5.42. The van der Waals surface area contributed by atoms with Gasteiger partial charge in [-0.25, -0.2) is 8.42 Å². The number of nitrogens with one attached hydrogen (secondary N) is 1. The molecule has 3 aromatic carbocycles. The molecule has 0 radical (unpaired) electrons. The number of sulfonamides is 1. The molecule has 0 aliphatic heterocycles. The van der Waals surface area contributed by atoms with Crippen molar-refractivity contribution in [3.05, 3.63) is 88.9 Å². The first-order valence-corrected chi connectivity index (χ1v) is 15.2. The van der Waals surface area contributed by atoms with Crippen LogP contribution in [-0.2, 0) is 32.6 Å². The van der Waals surface area contributed by atoms with Crippen LogP contribution in [0.1, 0.15) is 25.0 Å². The summed E-state index contributed by atoms with van der Waals surface area (Å²) in [5.41, 5.74) is 1.76. The third kappa shape index (κ3) is 8.86. The predicted molar refractivity (Wildman–Crippen MR) is 161 cm³/mol. The molecule has 220 valence electrons.